The second-order valence-electron chi connectivity index (χ2n) is 7.89. The lowest BCUT2D eigenvalue weighted by molar-refractivity contribution is -0.126. The number of hydrogen-bond donors (Lipinski definition) is 1. The van der Waals surface area contributed by atoms with E-state index in [1.54, 1.807) is 0 Å². The lowest BCUT2D eigenvalue weighted by Gasteiger charge is -2.32. The summed E-state index contributed by atoms with van der Waals surface area (Å²) in [6.45, 7) is 9.31. The van der Waals surface area contributed by atoms with E-state index in [2.05, 4.69) is 36.2 Å². The second kappa shape index (κ2) is 7.43. The molecule has 1 amide bonds. The van der Waals surface area contributed by atoms with Crippen LogP contribution in [0.15, 0.2) is 12.1 Å². The number of nitrogens with zero attached hydrogens (tertiary/aromatic N) is 3. The van der Waals surface area contributed by atoms with E-state index >= 15 is 0 Å². The number of hydrogen-bond acceptors (Lipinski definition) is 5. The molecule has 3 heterocycles. The highest BCUT2D eigenvalue weighted by atomic mass is 16.5. The van der Waals surface area contributed by atoms with E-state index in [4.69, 9.17) is 14.7 Å². The molecule has 2 fully saturated rings. The minimum Gasteiger partial charge on any atom is -0.379 e. The number of nitrogens with one attached hydrogen (secondary N) is 1. The highest BCUT2D eigenvalue weighted by Gasteiger charge is 2.28. The Morgan fingerprint density at radius 1 is 1.11 bits per heavy atom. The molecular weight excluding hydrogens is 340 g/mol. The molecule has 6 heteroatoms. The van der Waals surface area contributed by atoms with Crippen molar-refractivity contribution < 1.29 is 9.53 Å². The van der Waals surface area contributed by atoms with Gasteiger partial charge in [-0.1, -0.05) is 0 Å². The number of carbonyl (C=O) groups excluding carboxylic acids is 1. The molecule has 2 aromatic rings. The SMILES string of the molecule is Cc1cc2nc(N3CCC(C(=O)NC4CCOC4)CC3)nc(C)c2cc1C. The van der Waals surface area contributed by atoms with Crippen molar-refractivity contribution in [3.63, 3.8) is 0 Å². The number of piperidine rings is 1. The number of ether oxygens (including phenoxy) is 1. The molecule has 144 valence electrons. The Bertz CT molecular complexity index is 853. The number of amides is 1. The van der Waals surface area contributed by atoms with Crippen molar-refractivity contribution in [2.45, 2.75) is 46.1 Å². The van der Waals surface area contributed by atoms with Crippen LogP contribution in [0.5, 0.6) is 0 Å². The average molecular weight is 368 g/mol. The van der Waals surface area contributed by atoms with E-state index in [0.717, 1.165) is 61.5 Å². The lowest BCUT2D eigenvalue weighted by Crippen LogP contribution is -2.44. The van der Waals surface area contributed by atoms with Crippen LogP contribution in [0.3, 0.4) is 0 Å². The molecule has 6 nitrogen and oxygen atoms in total. The summed E-state index contributed by atoms with van der Waals surface area (Å²) >= 11 is 0. The first-order valence-corrected chi connectivity index (χ1v) is 9.90. The van der Waals surface area contributed by atoms with Gasteiger partial charge in [-0.05, 0) is 63.3 Å². The van der Waals surface area contributed by atoms with Crippen LogP contribution >= 0.6 is 0 Å². The smallest absolute Gasteiger partial charge is 0.226 e. The normalized spacial score (nSPS) is 21.0. The number of fused-ring (bicyclic) bond motifs is 1. The van der Waals surface area contributed by atoms with Crippen molar-refractivity contribution in [2.24, 2.45) is 5.92 Å². The molecule has 1 atom stereocenters. The molecule has 0 bridgehead atoms. The van der Waals surface area contributed by atoms with Gasteiger partial charge in [0.2, 0.25) is 11.9 Å². The van der Waals surface area contributed by atoms with Gasteiger partial charge in [0.15, 0.2) is 0 Å². The van der Waals surface area contributed by atoms with Gasteiger partial charge in [-0.25, -0.2) is 9.97 Å². The Balaban J connectivity index is 1.44. The number of aryl methyl sites for hydroxylation is 3. The largest absolute Gasteiger partial charge is 0.379 e. The molecule has 0 saturated carbocycles. The fraction of sp³-hybridized carbons (Fsp3) is 0.571. The van der Waals surface area contributed by atoms with E-state index < -0.39 is 0 Å². The van der Waals surface area contributed by atoms with Crippen LogP contribution < -0.4 is 10.2 Å². The summed E-state index contributed by atoms with van der Waals surface area (Å²) in [5.41, 5.74) is 4.53. The summed E-state index contributed by atoms with van der Waals surface area (Å²) in [6, 6.07) is 4.51. The van der Waals surface area contributed by atoms with Crippen molar-refractivity contribution in [2.75, 3.05) is 31.2 Å². The Kier molecular flexibility index (Phi) is 5.00. The van der Waals surface area contributed by atoms with Gasteiger partial charge in [0.1, 0.15) is 0 Å². The maximum Gasteiger partial charge on any atom is 0.226 e. The zero-order chi connectivity index (χ0) is 19.0. The standard InChI is InChI=1S/C21H28N4O2/c1-13-10-18-15(3)22-21(24-19(18)11-14(13)2)25-7-4-16(5-8-25)20(26)23-17-6-9-27-12-17/h10-11,16-17H,4-9,12H2,1-3H3,(H,23,26). The fourth-order valence-electron chi connectivity index (χ4n) is 3.98. The van der Waals surface area contributed by atoms with E-state index in [0.29, 0.717) is 6.61 Å². The van der Waals surface area contributed by atoms with E-state index in [1.165, 1.54) is 11.1 Å². The Labute approximate surface area is 160 Å². The van der Waals surface area contributed by atoms with Gasteiger partial charge in [0, 0.05) is 31.0 Å². The first-order valence-electron chi connectivity index (χ1n) is 9.90. The van der Waals surface area contributed by atoms with E-state index in [-0.39, 0.29) is 17.9 Å². The summed E-state index contributed by atoms with van der Waals surface area (Å²) in [4.78, 5) is 24.3. The second-order valence-corrected chi connectivity index (χ2v) is 7.89. The van der Waals surface area contributed by atoms with Crippen molar-refractivity contribution in [3.8, 4) is 0 Å². The molecule has 1 unspecified atom stereocenters. The van der Waals surface area contributed by atoms with Crippen LogP contribution in [-0.2, 0) is 9.53 Å². The summed E-state index contributed by atoms with van der Waals surface area (Å²) < 4.78 is 5.34. The van der Waals surface area contributed by atoms with Crippen molar-refractivity contribution in [1.29, 1.82) is 0 Å². The first-order chi connectivity index (χ1) is 13.0. The molecule has 2 aliphatic heterocycles. The van der Waals surface area contributed by atoms with Crippen LogP contribution in [0.25, 0.3) is 10.9 Å². The molecule has 0 radical (unpaired) electrons. The molecule has 0 spiro atoms. The highest BCUT2D eigenvalue weighted by molar-refractivity contribution is 5.83. The van der Waals surface area contributed by atoms with Crippen LogP contribution in [0, 0.1) is 26.7 Å². The molecule has 2 aliphatic rings. The summed E-state index contributed by atoms with van der Waals surface area (Å²) in [7, 11) is 0. The zero-order valence-electron chi connectivity index (χ0n) is 16.4. The quantitative estimate of drug-likeness (QED) is 0.902. The molecule has 27 heavy (non-hydrogen) atoms. The number of carbonyl (C=O) groups is 1. The number of rotatable bonds is 3. The number of anilines is 1. The molecule has 0 aliphatic carbocycles. The predicted molar refractivity (Wildman–Crippen MR) is 106 cm³/mol. The summed E-state index contributed by atoms with van der Waals surface area (Å²) in [5, 5.41) is 4.25. The Morgan fingerprint density at radius 2 is 1.85 bits per heavy atom. The molecular formula is C21H28N4O2. The van der Waals surface area contributed by atoms with Gasteiger partial charge in [0.05, 0.1) is 23.9 Å². The monoisotopic (exact) mass is 368 g/mol. The topological polar surface area (TPSA) is 67.4 Å². The van der Waals surface area contributed by atoms with Gasteiger partial charge in [-0.2, -0.15) is 0 Å². The molecule has 1 aromatic heterocycles. The maximum absolute atomic E-state index is 12.5. The molecule has 1 N–H and O–H groups in total. The first kappa shape index (κ1) is 18.2. The lowest BCUT2D eigenvalue weighted by atomic mass is 9.95. The van der Waals surface area contributed by atoms with Crippen molar-refractivity contribution >= 4 is 22.8 Å². The highest BCUT2D eigenvalue weighted by Crippen LogP contribution is 2.26. The Hall–Kier alpha value is -2.21. The van der Waals surface area contributed by atoms with Crippen molar-refractivity contribution in [1.82, 2.24) is 15.3 Å². The zero-order valence-corrected chi connectivity index (χ0v) is 16.4. The van der Waals surface area contributed by atoms with Gasteiger partial charge in [-0.3, -0.25) is 4.79 Å². The minimum absolute atomic E-state index is 0.0771. The summed E-state index contributed by atoms with van der Waals surface area (Å²) in [6.07, 6.45) is 2.60. The fourth-order valence-corrected chi connectivity index (χ4v) is 3.98. The Morgan fingerprint density at radius 3 is 2.56 bits per heavy atom. The average Bonchev–Trinajstić information content (AvgIpc) is 3.16. The molecule has 1 aromatic carbocycles. The van der Waals surface area contributed by atoms with Gasteiger partial charge >= 0.3 is 0 Å². The van der Waals surface area contributed by atoms with Gasteiger partial charge < -0.3 is 15.0 Å². The third-order valence-electron chi connectivity index (χ3n) is 5.91. The van der Waals surface area contributed by atoms with Crippen LogP contribution in [0.4, 0.5) is 5.95 Å². The van der Waals surface area contributed by atoms with Gasteiger partial charge in [-0.15, -0.1) is 0 Å². The van der Waals surface area contributed by atoms with E-state index in [1.807, 2.05) is 6.92 Å². The molecule has 2 saturated heterocycles. The number of aromatic nitrogens is 2. The van der Waals surface area contributed by atoms with Crippen LogP contribution in [0.1, 0.15) is 36.1 Å². The number of benzene rings is 1. The third kappa shape index (κ3) is 3.76. The third-order valence-corrected chi connectivity index (χ3v) is 5.91. The van der Waals surface area contributed by atoms with Crippen LogP contribution in [-0.4, -0.2) is 48.2 Å². The van der Waals surface area contributed by atoms with Crippen LogP contribution in [0.2, 0.25) is 0 Å². The van der Waals surface area contributed by atoms with E-state index in [9.17, 15) is 4.79 Å². The van der Waals surface area contributed by atoms with Gasteiger partial charge in [0.25, 0.3) is 0 Å². The molecule has 4 rings (SSSR count). The summed E-state index contributed by atoms with van der Waals surface area (Å²) in [5.74, 6) is 1.03. The van der Waals surface area contributed by atoms with Crippen molar-refractivity contribution in [3.05, 3.63) is 29.0 Å². The minimum atomic E-state index is 0.0771. The predicted octanol–water partition coefficient (Wildman–Crippen LogP) is 2.68. The maximum atomic E-state index is 12.5.